The first-order valence-electron chi connectivity index (χ1n) is 21.1. The summed E-state index contributed by atoms with van der Waals surface area (Å²) in [6, 6.07) is 65.9. The van der Waals surface area contributed by atoms with Crippen LogP contribution < -0.4 is 0 Å². The number of fused-ring (bicyclic) bond motifs is 16. The second-order valence-electron chi connectivity index (χ2n) is 16.5. The fraction of sp³-hybridized carbons (Fsp3) is 0. The van der Waals surface area contributed by atoms with Crippen molar-refractivity contribution in [1.29, 1.82) is 0 Å². The molecule has 0 saturated heterocycles. The molecular formula is C56H30N4OS2. The molecule has 5 aromatic heterocycles. The predicted octanol–water partition coefficient (Wildman–Crippen LogP) is 15.9. The average Bonchev–Trinajstić information content (AvgIpc) is 4.09. The van der Waals surface area contributed by atoms with E-state index < -0.39 is 0 Å². The Morgan fingerprint density at radius 1 is 0.476 bits per heavy atom. The van der Waals surface area contributed by atoms with Crippen molar-refractivity contribution in [3.05, 3.63) is 182 Å². The van der Waals surface area contributed by atoms with Crippen LogP contribution in [0.15, 0.2) is 196 Å². The van der Waals surface area contributed by atoms with E-state index in [0.29, 0.717) is 5.71 Å². The van der Waals surface area contributed by atoms with E-state index in [-0.39, 0.29) is 0 Å². The van der Waals surface area contributed by atoms with Gasteiger partial charge < -0.3 is 8.98 Å². The fourth-order valence-electron chi connectivity index (χ4n) is 10.4. The first-order valence-corrected chi connectivity index (χ1v) is 22.8. The minimum atomic E-state index is 0.533. The second-order valence-corrected chi connectivity index (χ2v) is 18.6. The quantitative estimate of drug-likeness (QED) is 0.178. The molecule has 7 heteroatoms. The third kappa shape index (κ3) is 4.62. The standard InChI is InChI=1S/C56H30N4OS2/c1-2-13-34-31(12-1)24-27-45-50(34)41-29-33(30-49-53(41)59(45)44-20-7-10-23-48(44)62-49)32-25-26-43-40(28-32)35-14-3-6-19-42(35)60(43)55-51(58-56-52(57-55)38-16-4-8-21-46(38)61-56)39-18-11-17-37-36-15-5-9-22-47(36)63-54(37)39/h1-30H. The third-order valence-corrected chi connectivity index (χ3v) is 15.4. The lowest BCUT2D eigenvalue weighted by Gasteiger charge is -2.20. The molecule has 6 heterocycles. The molecule has 5 nitrogen and oxygen atoms in total. The van der Waals surface area contributed by atoms with Crippen LogP contribution in [-0.2, 0) is 0 Å². The number of furan rings is 1. The second kappa shape index (κ2) is 12.4. The highest BCUT2D eigenvalue weighted by atomic mass is 32.2. The third-order valence-electron chi connectivity index (χ3n) is 13.1. The Hall–Kier alpha value is -7.71. The summed E-state index contributed by atoms with van der Waals surface area (Å²) in [6.45, 7) is 0. The first kappa shape index (κ1) is 33.9. The van der Waals surface area contributed by atoms with Crippen LogP contribution in [0.2, 0.25) is 0 Å². The van der Waals surface area contributed by atoms with Crippen molar-refractivity contribution < 1.29 is 4.42 Å². The van der Waals surface area contributed by atoms with Crippen molar-refractivity contribution in [1.82, 2.24) is 19.1 Å². The lowest BCUT2D eigenvalue weighted by atomic mass is 9.99. The summed E-state index contributed by atoms with van der Waals surface area (Å²) < 4.78 is 13.7. The molecule has 0 fully saturated rings. The molecule has 1 aliphatic heterocycles. The highest BCUT2D eigenvalue weighted by molar-refractivity contribution is 7.99. The predicted molar refractivity (Wildman–Crippen MR) is 263 cm³/mol. The van der Waals surface area contributed by atoms with Crippen LogP contribution in [0.5, 0.6) is 0 Å². The maximum absolute atomic E-state index is 6.44. The van der Waals surface area contributed by atoms with Gasteiger partial charge in [0.1, 0.15) is 16.8 Å². The molecule has 0 bridgehead atoms. The first-order chi connectivity index (χ1) is 31.2. The molecule has 0 spiro atoms. The van der Waals surface area contributed by atoms with Crippen LogP contribution in [0.25, 0.3) is 131 Å². The molecule has 0 unspecified atom stereocenters. The van der Waals surface area contributed by atoms with Gasteiger partial charge in [0.2, 0.25) is 5.71 Å². The Morgan fingerprint density at radius 3 is 2.17 bits per heavy atom. The number of hydrogen-bond donors (Lipinski definition) is 0. The van der Waals surface area contributed by atoms with Gasteiger partial charge in [-0.2, -0.15) is 0 Å². The number of nitrogens with zero attached hydrogens (tertiary/aromatic N) is 4. The molecular weight excluding hydrogens is 809 g/mol. The minimum absolute atomic E-state index is 0.533. The highest BCUT2D eigenvalue weighted by Gasteiger charge is 2.27. The zero-order valence-electron chi connectivity index (χ0n) is 33.3. The molecule has 0 N–H and O–H groups in total. The van der Waals surface area contributed by atoms with Gasteiger partial charge in [0.05, 0.1) is 27.8 Å². The average molecular weight is 839 g/mol. The molecule has 0 atom stereocenters. The molecule has 14 aromatic rings. The maximum Gasteiger partial charge on any atom is 0.247 e. The molecule has 15 rings (SSSR count). The minimum Gasteiger partial charge on any atom is -0.436 e. The van der Waals surface area contributed by atoms with Gasteiger partial charge in [-0.25, -0.2) is 9.97 Å². The Labute approximate surface area is 367 Å². The van der Waals surface area contributed by atoms with Crippen molar-refractivity contribution in [3.63, 3.8) is 0 Å². The van der Waals surface area contributed by atoms with Crippen LogP contribution in [-0.4, -0.2) is 19.1 Å². The van der Waals surface area contributed by atoms with Crippen LogP contribution in [0.4, 0.5) is 0 Å². The smallest absolute Gasteiger partial charge is 0.247 e. The van der Waals surface area contributed by atoms with Crippen LogP contribution in [0.1, 0.15) is 0 Å². The van der Waals surface area contributed by atoms with Gasteiger partial charge in [-0.3, -0.25) is 4.57 Å². The van der Waals surface area contributed by atoms with Crippen LogP contribution in [0, 0.1) is 0 Å². The highest BCUT2D eigenvalue weighted by Crippen LogP contribution is 2.50. The monoisotopic (exact) mass is 838 g/mol. The number of para-hydroxylation sites is 3. The van der Waals surface area contributed by atoms with E-state index >= 15 is 0 Å². The fourth-order valence-corrected chi connectivity index (χ4v) is 12.7. The number of aromatic nitrogens is 4. The zero-order chi connectivity index (χ0) is 40.9. The lowest BCUT2D eigenvalue weighted by Crippen LogP contribution is -2.03. The number of rotatable bonds is 3. The summed E-state index contributed by atoms with van der Waals surface area (Å²) in [4.78, 5) is 13.5. The number of benzene rings is 9. The molecule has 63 heavy (non-hydrogen) atoms. The molecule has 292 valence electrons. The zero-order valence-corrected chi connectivity index (χ0v) is 35.0. The summed E-state index contributed by atoms with van der Waals surface area (Å²) in [5.41, 5.74) is 12.1. The van der Waals surface area contributed by atoms with Gasteiger partial charge in [-0.05, 0) is 88.6 Å². The van der Waals surface area contributed by atoms with E-state index in [1.54, 1.807) is 11.3 Å². The van der Waals surface area contributed by atoms with Crippen LogP contribution in [0.3, 0.4) is 0 Å². The summed E-state index contributed by atoms with van der Waals surface area (Å²) >= 11 is 3.67. The van der Waals surface area contributed by atoms with E-state index in [2.05, 4.69) is 173 Å². The largest absolute Gasteiger partial charge is 0.436 e. The maximum atomic E-state index is 6.44. The molecule has 1 aliphatic rings. The molecule has 0 radical (unpaired) electrons. The van der Waals surface area contributed by atoms with Gasteiger partial charge in [-0.1, -0.05) is 127 Å². The van der Waals surface area contributed by atoms with Crippen molar-refractivity contribution in [2.45, 2.75) is 9.79 Å². The molecule has 0 amide bonds. The molecule has 0 saturated carbocycles. The normalized spacial score (nSPS) is 12.7. The van der Waals surface area contributed by atoms with Gasteiger partial charge in [0.25, 0.3) is 0 Å². The van der Waals surface area contributed by atoms with Gasteiger partial charge >= 0.3 is 0 Å². The van der Waals surface area contributed by atoms with Crippen LogP contribution >= 0.6 is 23.1 Å². The van der Waals surface area contributed by atoms with Crippen molar-refractivity contribution in [2.75, 3.05) is 0 Å². The Balaban J connectivity index is 1.01. The summed E-state index contributed by atoms with van der Waals surface area (Å²) in [5, 5.41) is 10.8. The SMILES string of the molecule is c1ccc2c(c1)Sc1cc(-c3ccc4c(c3)c3ccccc3n4-c3nc4c(nc3-c3cccc5c3sc3ccccc35)oc3ccccc34)cc3c4c5ccccc5ccc4n-2c13. The Bertz CT molecular complexity index is 4320. The molecule has 9 aromatic carbocycles. The summed E-state index contributed by atoms with van der Waals surface area (Å²) in [5.74, 6) is 0.776. The van der Waals surface area contributed by atoms with Gasteiger partial charge in [0, 0.05) is 62.5 Å². The van der Waals surface area contributed by atoms with E-state index in [9.17, 15) is 0 Å². The van der Waals surface area contributed by atoms with E-state index in [1.165, 1.54) is 79.4 Å². The molecule has 0 aliphatic carbocycles. The van der Waals surface area contributed by atoms with Gasteiger partial charge in [0.15, 0.2) is 5.82 Å². The lowest BCUT2D eigenvalue weighted by molar-refractivity contribution is 0.653. The van der Waals surface area contributed by atoms with Crippen molar-refractivity contribution in [3.8, 4) is 33.9 Å². The topological polar surface area (TPSA) is 48.8 Å². The van der Waals surface area contributed by atoms with Gasteiger partial charge in [-0.15, -0.1) is 11.3 Å². The van der Waals surface area contributed by atoms with Crippen molar-refractivity contribution in [2.24, 2.45) is 0 Å². The number of thiophene rings is 1. The summed E-state index contributed by atoms with van der Waals surface area (Å²) in [7, 11) is 0. The van der Waals surface area contributed by atoms with E-state index in [1.807, 2.05) is 30.0 Å². The van der Waals surface area contributed by atoms with E-state index in [0.717, 1.165) is 55.4 Å². The number of hydrogen-bond acceptors (Lipinski definition) is 5. The van der Waals surface area contributed by atoms with Crippen molar-refractivity contribution >= 4 is 120 Å². The Kier molecular flexibility index (Phi) is 6.71. The summed E-state index contributed by atoms with van der Waals surface area (Å²) in [6.07, 6.45) is 0. The Morgan fingerprint density at radius 2 is 1.22 bits per heavy atom. The van der Waals surface area contributed by atoms with E-state index in [4.69, 9.17) is 14.4 Å².